The minimum absolute atomic E-state index is 0.0303. The summed E-state index contributed by atoms with van der Waals surface area (Å²) in [6, 6.07) is 19.3. The number of hydrogen-bond donors (Lipinski definition) is 4. The Morgan fingerprint density at radius 1 is 0.679 bits per heavy atom. The van der Waals surface area contributed by atoms with Gasteiger partial charge in [-0.05, 0) is 54.6 Å². The number of nitrogen functional groups attached to an aromatic ring is 2. The molecular weight excluding hydrogens is 716 g/mol. The molecule has 0 aliphatic rings. The fourth-order valence-electron chi connectivity index (χ4n) is 4.92. The Kier molecular flexibility index (Phi) is 10.7. The van der Waals surface area contributed by atoms with Gasteiger partial charge in [-0.3, -0.25) is 14.2 Å². The van der Waals surface area contributed by atoms with Crippen LogP contribution in [-0.2, 0) is 33.0 Å². The van der Waals surface area contributed by atoms with Crippen LogP contribution in [0, 0.1) is 11.6 Å². The van der Waals surface area contributed by atoms with E-state index in [0.29, 0.717) is 16.9 Å². The first-order valence-corrected chi connectivity index (χ1v) is 15.2. The molecule has 0 radical (unpaired) electrons. The van der Waals surface area contributed by atoms with Gasteiger partial charge in [-0.25, -0.2) is 18.7 Å². The van der Waals surface area contributed by atoms with Crippen molar-refractivity contribution in [2.75, 3.05) is 22.1 Å². The van der Waals surface area contributed by atoms with E-state index in [2.05, 4.69) is 30.8 Å². The van der Waals surface area contributed by atoms with E-state index >= 15 is 0 Å². The monoisotopic (exact) mass is 744 g/mol. The van der Waals surface area contributed by atoms with E-state index in [1.54, 1.807) is 30.3 Å². The molecule has 2 aromatic carbocycles. The Hall–Kier alpha value is -6.53. The molecule has 276 valence electrons. The second-order valence-electron chi connectivity index (χ2n) is 11.2. The lowest BCUT2D eigenvalue weighted by Crippen LogP contribution is -2.15. The molecule has 1 amide bonds. The first-order chi connectivity index (χ1) is 24.9. The van der Waals surface area contributed by atoms with Crippen molar-refractivity contribution in [3.63, 3.8) is 0 Å². The van der Waals surface area contributed by atoms with Gasteiger partial charge in [0.1, 0.15) is 34.9 Å². The normalized spacial score (nSPS) is 11.5. The maximum absolute atomic E-state index is 13.6. The topological polar surface area (TPSA) is 155 Å². The average Bonchev–Trinajstić information content (AvgIpc) is 3.68. The molecule has 0 aliphatic carbocycles. The standard InChI is InChI=1S/C17H13F4N5O.C17H15F4N5/c1-26-12(8-13(25-26)17(19,20)21)10-6-7-14(23-15(10)22)24-16(27)9-4-2-3-5-11(9)18;1-26-13(8-14(25-26)17(19,20)21)11-6-7-15(24-16(11)22)23-9-10-4-2-3-5-12(10)18/h2-8H,1H3,(H3,22,23,24,27);2-8H,9H2,1H3,(H3,22,23,24). The Labute approximate surface area is 295 Å². The third-order valence-electron chi connectivity index (χ3n) is 7.52. The van der Waals surface area contributed by atoms with Gasteiger partial charge in [0, 0.05) is 37.3 Å². The van der Waals surface area contributed by atoms with Crippen LogP contribution < -0.4 is 22.1 Å². The van der Waals surface area contributed by atoms with E-state index in [0.717, 1.165) is 27.6 Å². The molecule has 4 heterocycles. The number of nitrogens with one attached hydrogen (secondary N) is 2. The Bertz CT molecular complexity index is 2260. The summed E-state index contributed by atoms with van der Waals surface area (Å²) in [5, 5.41) is 12.2. The quantitative estimate of drug-likeness (QED) is 0.124. The van der Waals surface area contributed by atoms with Crippen molar-refractivity contribution in [1.29, 1.82) is 0 Å². The van der Waals surface area contributed by atoms with Crippen LogP contribution in [0.4, 0.5) is 58.4 Å². The number of aromatic nitrogens is 6. The SMILES string of the molecule is Cn1nc(C(F)(F)F)cc1-c1ccc(NC(=O)c2ccccc2F)nc1N.Cn1nc(C(F)(F)F)cc1-c1ccc(NCc2ccccc2F)nc1N. The van der Waals surface area contributed by atoms with E-state index in [1.165, 1.54) is 50.5 Å². The first kappa shape index (κ1) is 37.7. The summed E-state index contributed by atoms with van der Waals surface area (Å²) >= 11 is 0. The smallest absolute Gasteiger partial charge is 0.383 e. The zero-order valence-electron chi connectivity index (χ0n) is 27.6. The maximum Gasteiger partial charge on any atom is 0.435 e. The predicted octanol–water partition coefficient (Wildman–Crippen LogP) is 7.31. The van der Waals surface area contributed by atoms with Crippen molar-refractivity contribution < 1.29 is 39.9 Å². The van der Waals surface area contributed by atoms with Crippen LogP contribution in [0.3, 0.4) is 0 Å². The van der Waals surface area contributed by atoms with Crippen LogP contribution in [0.2, 0.25) is 0 Å². The lowest BCUT2D eigenvalue weighted by molar-refractivity contribution is -0.142. The van der Waals surface area contributed by atoms with Crippen molar-refractivity contribution in [2.24, 2.45) is 14.1 Å². The number of carbonyl (C=O) groups excluding carboxylic acids is 1. The molecule has 19 heteroatoms. The minimum Gasteiger partial charge on any atom is -0.383 e. The largest absolute Gasteiger partial charge is 0.435 e. The van der Waals surface area contributed by atoms with Gasteiger partial charge in [0.2, 0.25) is 0 Å². The second-order valence-corrected chi connectivity index (χ2v) is 11.2. The molecule has 6 aromatic rings. The molecule has 6 N–H and O–H groups in total. The van der Waals surface area contributed by atoms with Crippen molar-refractivity contribution in [1.82, 2.24) is 29.5 Å². The van der Waals surface area contributed by atoms with Gasteiger partial charge in [-0.1, -0.05) is 30.3 Å². The number of alkyl halides is 6. The summed E-state index contributed by atoms with van der Waals surface area (Å²) in [7, 11) is 2.74. The number of amides is 1. The van der Waals surface area contributed by atoms with Gasteiger partial charge in [0.15, 0.2) is 11.4 Å². The summed E-state index contributed by atoms with van der Waals surface area (Å²) in [5.74, 6) is -1.44. The number of hydrogen-bond acceptors (Lipinski definition) is 8. The second kappa shape index (κ2) is 15.0. The highest BCUT2D eigenvalue weighted by Gasteiger charge is 2.36. The maximum atomic E-state index is 13.6. The number of benzene rings is 2. The summed E-state index contributed by atoms with van der Waals surface area (Å²) in [6.45, 7) is 0.197. The molecular formula is C34H28F8N10O. The van der Waals surface area contributed by atoms with Gasteiger partial charge in [0.25, 0.3) is 5.91 Å². The highest BCUT2D eigenvalue weighted by Crippen LogP contribution is 2.34. The van der Waals surface area contributed by atoms with Gasteiger partial charge in [0.05, 0.1) is 17.0 Å². The van der Waals surface area contributed by atoms with Crippen LogP contribution in [0.15, 0.2) is 84.9 Å². The molecule has 53 heavy (non-hydrogen) atoms. The number of aryl methyl sites for hydroxylation is 2. The molecule has 0 atom stereocenters. The number of anilines is 4. The number of nitrogens with two attached hydrogens (primary N) is 2. The molecule has 0 saturated heterocycles. The highest BCUT2D eigenvalue weighted by molar-refractivity contribution is 6.04. The van der Waals surface area contributed by atoms with E-state index < -0.39 is 35.5 Å². The van der Waals surface area contributed by atoms with Crippen LogP contribution in [0.25, 0.3) is 22.5 Å². The van der Waals surface area contributed by atoms with Gasteiger partial charge in [-0.15, -0.1) is 0 Å². The molecule has 11 nitrogen and oxygen atoms in total. The fraction of sp³-hybridized carbons (Fsp3) is 0.147. The third kappa shape index (κ3) is 8.86. The number of rotatable bonds is 7. The minimum atomic E-state index is -4.59. The Balaban J connectivity index is 0.000000204. The van der Waals surface area contributed by atoms with Crippen molar-refractivity contribution in [2.45, 2.75) is 18.9 Å². The van der Waals surface area contributed by atoms with Crippen LogP contribution in [0.1, 0.15) is 27.3 Å². The molecule has 0 bridgehead atoms. The molecule has 0 fully saturated rings. The number of pyridine rings is 2. The summed E-state index contributed by atoms with van der Waals surface area (Å²) in [4.78, 5) is 20.2. The van der Waals surface area contributed by atoms with Crippen LogP contribution in [-0.4, -0.2) is 35.4 Å². The van der Waals surface area contributed by atoms with Crippen molar-refractivity contribution in [3.05, 3.63) is 119 Å². The van der Waals surface area contributed by atoms with Gasteiger partial charge < -0.3 is 22.1 Å². The Morgan fingerprint density at radius 2 is 1.15 bits per heavy atom. The predicted molar refractivity (Wildman–Crippen MR) is 180 cm³/mol. The molecule has 6 rings (SSSR count). The van der Waals surface area contributed by atoms with E-state index in [-0.39, 0.29) is 52.3 Å². The molecule has 0 aliphatic heterocycles. The lowest BCUT2D eigenvalue weighted by atomic mass is 10.1. The molecule has 4 aromatic heterocycles. The van der Waals surface area contributed by atoms with Crippen LogP contribution >= 0.6 is 0 Å². The number of carbonyl (C=O) groups is 1. The van der Waals surface area contributed by atoms with E-state index in [9.17, 15) is 39.9 Å². The van der Waals surface area contributed by atoms with Crippen molar-refractivity contribution >= 4 is 29.2 Å². The number of nitrogens with zero attached hydrogens (tertiary/aromatic N) is 6. The van der Waals surface area contributed by atoms with E-state index in [4.69, 9.17) is 11.5 Å². The van der Waals surface area contributed by atoms with Gasteiger partial charge in [-0.2, -0.15) is 36.5 Å². The molecule has 0 unspecified atom stereocenters. The lowest BCUT2D eigenvalue weighted by Gasteiger charge is -2.10. The fourth-order valence-corrected chi connectivity index (χ4v) is 4.92. The van der Waals surface area contributed by atoms with Gasteiger partial charge >= 0.3 is 12.4 Å². The third-order valence-corrected chi connectivity index (χ3v) is 7.52. The molecule has 0 spiro atoms. The zero-order chi connectivity index (χ0) is 38.7. The highest BCUT2D eigenvalue weighted by atomic mass is 19.4. The zero-order valence-corrected chi connectivity index (χ0v) is 27.6. The molecule has 0 saturated carbocycles. The average molecular weight is 745 g/mol. The van der Waals surface area contributed by atoms with Crippen molar-refractivity contribution in [3.8, 4) is 22.5 Å². The summed E-state index contributed by atoms with van der Waals surface area (Å²) in [5.41, 5.74) is 10.8. The van der Waals surface area contributed by atoms with Crippen LogP contribution in [0.5, 0.6) is 0 Å². The summed E-state index contributed by atoms with van der Waals surface area (Å²) in [6.07, 6.45) is -9.13. The summed E-state index contributed by atoms with van der Waals surface area (Å²) < 4.78 is 106. The first-order valence-electron chi connectivity index (χ1n) is 15.2. The Morgan fingerprint density at radius 3 is 1.62 bits per heavy atom. The van der Waals surface area contributed by atoms with E-state index in [1.807, 2.05) is 0 Å². The number of halogens is 8.